The van der Waals surface area contributed by atoms with Gasteiger partial charge >= 0.3 is 5.97 Å². The highest BCUT2D eigenvalue weighted by molar-refractivity contribution is 5.95. The third-order valence-corrected chi connectivity index (χ3v) is 2.59. The minimum atomic E-state index is -0.979. The van der Waals surface area contributed by atoms with Gasteiger partial charge in [-0.05, 0) is 32.9 Å². The van der Waals surface area contributed by atoms with Crippen LogP contribution in [-0.2, 0) is 4.79 Å². The maximum absolute atomic E-state index is 12.3. The lowest BCUT2D eigenvalue weighted by atomic mass is 10.0. The maximum Gasteiger partial charge on any atom is 0.305 e. The Bertz CT molecular complexity index is 480. The van der Waals surface area contributed by atoms with E-state index in [0.29, 0.717) is 0 Å². The molecule has 0 spiro atoms. The number of hydrogen-bond donors (Lipinski definition) is 2. The molecule has 0 aliphatic carbocycles. The molecule has 0 aliphatic rings. The Morgan fingerprint density at radius 3 is 2.47 bits per heavy atom. The van der Waals surface area contributed by atoms with Crippen molar-refractivity contribution in [1.82, 2.24) is 9.88 Å². The third kappa shape index (κ3) is 3.94. The number of amides is 1. The average molecular weight is 266 g/mol. The first-order valence-corrected chi connectivity index (χ1v) is 5.91. The Morgan fingerprint density at radius 1 is 1.37 bits per heavy atom. The highest BCUT2D eigenvalue weighted by Crippen LogP contribution is 2.21. The molecule has 1 amide bonds. The van der Waals surface area contributed by atoms with Gasteiger partial charge in [-0.2, -0.15) is 0 Å². The predicted octanol–water partition coefficient (Wildman–Crippen LogP) is 1.50. The van der Waals surface area contributed by atoms with Crippen LogP contribution in [0.5, 0.6) is 5.75 Å². The number of aromatic hydroxyl groups is 1. The molecule has 0 saturated carbocycles. The number of rotatable bonds is 4. The van der Waals surface area contributed by atoms with Crippen molar-refractivity contribution in [3.05, 3.63) is 24.0 Å². The van der Waals surface area contributed by atoms with E-state index in [9.17, 15) is 14.7 Å². The molecule has 19 heavy (non-hydrogen) atoms. The van der Waals surface area contributed by atoms with Crippen LogP contribution in [0.2, 0.25) is 0 Å². The lowest BCUT2D eigenvalue weighted by Gasteiger charge is -2.35. The SMILES string of the molecule is CC(C)(C)N(CCC(=O)O)C(=O)c1ncccc1O. The number of aliphatic carboxylic acids is 1. The standard InChI is InChI=1S/C13H18N2O4/c1-13(2,3)15(8-6-10(17)18)12(19)11-9(16)5-4-7-14-11/h4-5,7,16H,6,8H2,1-3H3,(H,17,18). The Morgan fingerprint density at radius 2 is 2.00 bits per heavy atom. The summed E-state index contributed by atoms with van der Waals surface area (Å²) in [5.41, 5.74) is -0.626. The van der Waals surface area contributed by atoms with Crippen molar-refractivity contribution < 1.29 is 19.8 Å². The summed E-state index contributed by atoms with van der Waals surface area (Å²) in [6.07, 6.45) is 1.25. The zero-order valence-corrected chi connectivity index (χ0v) is 11.3. The number of carbonyl (C=O) groups is 2. The van der Waals surface area contributed by atoms with Crippen LogP contribution in [0.4, 0.5) is 0 Å². The van der Waals surface area contributed by atoms with Gasteiger partial charge in [0, 0.05) is 18.3 Å². The zero-order valence-electron chi connectivity index (χ0n) is 11.3. The first kappa shape index (κ1) is 14.9. The molecule has 0 aromatic carbocycles. The van der Waals surface area contributed by atoms with Gasteiger partial charge in [0.15, 0.2) is 5.69 Å². The molecule has 0 bridgehead atoms. The molecular weight excluding hydrogens is 248 g/mol. The summed E-state index contributed by atoms with van der Waals surface area (Å²) < 4.78 is 0. The molecule has 0 atom stereocenters. The summed E-state index contributed by atoms with van der Waals surface area (Å²) in [6, 6.07) is 2.89. The van der Waals surface area contributed by atoms with E-state index < -0.39 is 17.4 Å². The summed E-state index contributed by atoms with van der Waals surface area (Å²) in [6.45, 7) is 5.46. The molecule has 2 N–H and O–H groups in total. The van der Waals surface area contributed by atoms with Crippen molar-refractivity contribution in [2.75, 3.05) is 6.54 Å². The van der Waals surface area contributed by atoms with Crippen LogP contribution in [0, 0.1) is 0 Å². The Hall–Kier alpha value is -2.11. The van der Waals surface area contributed by atoms with Crippen LogP contribution in [0.3, 0.4) is 0 Å². The number of pyridine rings is 1. The van der Waals surface area contributed by atoms with Gasteiger partial charge in [0.2, 0.25) is 0 Å². The number of nitrogens with zero attached hydrogens (tertiary/aromatic N) is 2. The van der Waals surface area contributed by atoms with E-state index in [4.69, 9.17) is 5.11 Å². The van der Waals surface area contributed by atoms with E-state index in [1.54, 1.807) is 20.8 Å². The van der Waals surface area contributed by atoms with Crippen molar-refractivity contribution in [3.63, 3.8) is 0 Å². The molecule has 1 rings (SSSR count). The van der Waals surface area contributed by atoms with Gasteiger partial charge < -0.3 is 15.1 Å². The number of carboxylic acids is 1. The van der Waals surface area contributed by atoms with Crippen LogP contribution in [0.25, 0.3) is 0 Å². The Labute approximate surface area is 111 Å². The van der Waals surface area contributed by atoms with E-state index >= 15 is 0 Å². The average Bonchev–Trinajstić information content (AvgIpc) is 2.27. The monoisotopic (exact) mass is 266 g/mol. The molecule has 1 aromatic rings. The summed E-state index contributed by atoms with van der Waals surface area (Å²) >= 11 is 0. The summed E-state index contributed by atoms with van der Waals surface area (Å²) in [4.78, 5) is 28.2. The molecule has 1 heterocycles. The maximum atomic E-state index is 12.3. The molecule has 0 unspecified atom stereocenters. The first-order valence-electron chi connectivity index (χ1n) is 5.91. The second kappa shape index (κ2) is 5.69. The Kier molecular flexibility index (Phi) is 4.47. The molecule has 6 heteroatoms. The predicted molar refractivity (Wildman–Crippen MR) is 68.9 cm³/mol. The fourth-order valence-corrected chi connectivity index (χ4v) is 1.64. The lowest BCUT2D eigenvalue weighted by Crippen LogP contribution is -2.46. The van der Waals surface area contributed by atoms with Gasteiger partial charge in [-0.1, -0.05) is 0 Å². The molecule has 0 fully saturated rings. The van der Waals surface area contributed by atoms with Gasteiger partial charge in [-0.15, -0.1) is 0 Å². The van der Waals surface area contributed by atoms with Crippen molar-refractivity contribution in [3.8, 4) is 5.75 Å². The normalized spacial score (nSPS) is 11.1. The topological polar surface area (TPSA) is 90.7 Å². The van der Waals surface area contributed by atoms with Crippen LogP contribution in [0.1, 0.15) is 37.7 Å². The van der Waals surface area contributed by atoms with Gasteiger partial charge in [-0.3, -0.25) is 9.59 Å². The van der Waals surface area contributed by atoms with E-state index in [2.05, 4.69) is 4.98 Å². The van der Waals surface area contributed by atoms with Gasteiger partial charge in [0.25, 0.3) is 5.91 Å². The van der Waals surface area contributed by atoms with E-state index in [0.717, 1.165) is 0 Å². The summed E-state index contributed by atoms with van der Waals surface area (Å²) in [5, 5.41) is 18.4. The van der Waals surface area contributed by atoms with Crippen LogP contribution < -0.4 is 0 Å². The minimum Gasteiger partial charge on any atom is -0.505 e. The smallest absolute Gasteiger partial charge is 0.305 e. The van der Waals surface area contributed by atoms with E-state index in [1.807, 2.05) is 0 Å². The zero-order chi connectivity index (χ0) is 14.6. The van der Waals surface area contributed by atoms with Crippen molar-refractivity contribution in [2.24, 2.45) is 0 Å². The third-order valence-electron chi connectivity index (χ3n) is 2.59. The molecule has 0 saturated heterocycles. The Balaban J connectivity index is 3.02. The van der Waals surface area contributed by atoms with E-state index in [-0.39, 0.29) is 24.4 Å². The molecule has 0 radical (unpaired) electrons. The quantitative estimate of drug-likeness (QED) is 0.861. The highest BCUT2D eigenvalue weighted by Gasteiger charge is 2.29. The van der Waals surface area contributed by atoms with Crippen LogP contribution >= 0.6 is 0 Å². The van der Waals surface area contributed by atoms with Gasteiger partial charge in [0.1, 0.15) is 5.75 Å². The molecule has 0 aliphatic heterocycles. The van der Waals surface area contributed by atoms with E-state index in [1.165, 1.54) is 23.2 Å². The summed E-state index contributed by atoms with van der Waals surface area (Å²) in [5.74, 6) is -1.67. The highest BCUT2D eigenvalue weighted by atomic mass is 16.4. The number of hydrogen-bond acceptors (Lipinski definition) is 4. The first-order chi connectivity index (χ1) is 8.73. The second-order valence-electron chi connectivity index (χ2n) is 5.14. The van der Waals surface area contributed by atoms with Gasteiger partial charge in [0.05, 0.1) is 6.42 Å². The van der Waals surface area contributed by atoms with Crippen molar-refractivity contribution in [1.29, 1.82) is 0 Å². The molecule has 104 valence electrons. The number of aromatic nitrogens is 1. The number of carboxylic acid groups (broad SMARTS) is 1. The fraction of sp³-hybridized carbons (Fsp3) is 0.462. The molecule has 6 nitrogen and oxygen atoms in total. The minimum absolute atomic E-state index is 0.0632. The second-order valence-corrected chi connectivity index (χ2v) is 5.14. The fourth-order valence-electron chi connectivity index (χ4n) is 1.64. The summed E-state index contributed by atoms with van der Waals surface area (Å²) in [7, 11) is 0. The van der Waals surface area contributed by atoms with Gasteiger partial charge in [-0.25, -0.2) is 4.98 Å². The lowest BCUT2D eigenvalue weighted by molar-refractivity contribution is -0.137. The molecular formula is C13H18N2O4. The van der Waals surface area contributed by atoms with Crippen LogP contribution in [-0.4, -0.2) is 44.1 Å². The number of carbonyl (C=O) groups excluding carboxylic acids is 1. The van der Waals surface area contributed by atoms with Crippen LogP contribution in [0.15, 0.2) is 18.3 Å². The largest absolute Gasteiger partial charge is 0.505 e. The van der Waals surface area contributed by atoms with Crippen molar-refractivity contribution >= 4 is 11.9 Å². The molecule has 1 aromatic heterocycles. The van der Waals surface area contributed by atoms with Crippen molar-refractivity contribution in [2.45, 2.75) is 32.7 Å².